The molecule has 0 spiro atoms. The van der Waals surface area contributed by atoms with Crippen molar-refractivity contribution in [2.75, 3.05) is 11.5 Å². The molecule has 0 fully saturated rings. The largest absolute Gasteiger partial charge is 0.297 e. The smallest absolute Gasteiger partial charge is 0.254 e. The van der Waals surface area contributed by atoms with E-state index in [-0.39, 0.29) is 10.7 Å². The van der Waals surface area contributed by atoms with Gasteiger partial charge < -0.3 is 0 Å². The summed E-state index contributed by atoms with van der Waals surface area (Å²) in [6, 6.07) is 1.36. The Kier molecular flexibility index (Phi) is 5.19. The summed E-state index contributed by atoms with van der Waals surface area (Å²) in [7, 11) is 0. The highest BCUT2D eigenvalue weighted by molar-refractivity contribution is 7.99. The van der Waals surface area contributed by atoms with E-state index in [2.05, 4.69) is 11.9 Å². The van der Waals surface area contributed by atoms with Crippen molar-refractivity contribution in [3.63, 3.8) is 0 Å². The van der Waals surface area contributed by atoms with E-state index in [4.69, 9.17) is 11.6 Å². The number of thioether (sulfide) groups is 1. The van der Waals surface area contributed by atoms with Crippen molar-refractivity contribution in [3.05, 3.63) is 27.4 Å². The van der Waals surface area contributed by atoms with Gasteiger partial charge in [-0.1, -0.05) is 18.5 Å². The second-order valence-corrected chi connectivity index (χ2v) is 4.95. The molecule has 1 rings (SSSR count). The lowest BCUT2D eigenvalue weighted by molar-refractivity contribution is 0.621. The second kappa shape index (κ2) is 6.18. The van der Waals surface area contributed by atoms with Crippen molar-refractivity contribution in [2.45, 2.75) is 26.8 Å². The zero-order valence-corrected chi connectivity index (χ0v) is 10.6. The Morgan fingerprint density at radius 2 is 2.33 bits per heavy atom. The quantitative estimate of drug-likeness (QED) is 0.591. The van der Waals surface area contributed by atoms with Crippen LogP contribution in [0, 0.1) is 6.92 Å². The molecule has 15 heavy (non-hydrogen) atoms. The van der Waals surface area contributed by atoms with Crippen molar-refractivity contribution in [2.24, 2.45) is 0 Å². The van der Waals surface area contributed by atoms with Crippen LogP contribution in [-0.4, -0.2) is 21.1 Å². The maximum Gasteiger partial charge on any atom is 0.254 e. The van der Waals surface area contributed by atoms with Gasteiger partial charge in [-0.25, -0.2) is 4.98 Å². The second-order valence-electron chi connectivity index (χ2n) is 3.17. The third kappa shape index (κ3) is 3.87. The van der Waals surface area contributed by atoms with E-state index in [0.717, 1.165) is 24.5 Å². The van der Waals surface area contributed by atoms with Crippen LogP contribution in [0.25, 0.3) is 0 Å². The van der Waals surface area contributed by atoms with Crippen LogP contribution in [0.4, 0.5) is 0 Å². The molecule has 0 unspecified atom stereocenters. The van der Waals surface area contributed by atoms with Crippen LogP contribution in [0.3, 0.4) is 0 Å². The molecule has 0 aromatic carbocycles. The molecule has 0 aliphatic rings. The lowest BCUT2D eigenvalue weighted by Gasteiger charge is -2.08. The number of rotatable bonds is 5. The van der Waals surface area contributed by atoms with Gasteiger partial charge in [0.15, 0.2) is 0 Å². The molecule has 0 bridgehead atoms. The van der Waals surface area contributed by atoms with Gasteiger partial charge >= 0.3 is 0 Å². The molecule has 0 radical (unpaired) electrons. The third-order valence-electron chi connectivity index (χ3n) is 2.04. The van der Waals surface area contributed by atoms with Crippen molar-refractivity contribution < 1.29 is 0 Å². The summed E-state index contributed by atoms with van der Waals surface area (Å²) in [4.78, 5) is 15.6. The van der Waals surface area contributed by atoms with Crippen molar-refractivity contribution >= 4 is 23.4 Å². The molecule has 0 N–H and O–H groups in total. The number of aromatic nitrogens is 2. The molecule has 0 saturated carbocycles. The molecule has 1 aromatic rings. The molecule has 5 heteroatoms. The van der Waals surface area contributed by atoms with E-state index in [9.17, 15) is 4.79 Å². The summed E-state index contributed by atoms with van der Waals surface area (Å²) in [5.41, 5.74) is -0.0611. The zero-order valence-electron chi connectivity index (χ0n) is 8.99. The lowest BCUT2D eigenvalue weighted by Crippen LogP contribution is -2.23. The van der Waals surface area contributed by atoms with Crippen molar-refractivity contribution in [3.8, 4) is 0 Å². The van der Waals surface area contributed by atoms with E-state index in [1.807, 2.05) is 11.8 Å². The SMILES string of the molecule is CCSCCCn1c(C)nc(Cl)cc1=O. The number of hydrogen-bond acceptors (Lipinski definition) is 3. The molecule has 0 amide bonds. The highest BCUT2D eigenvalue weighted by Crippen LogP contribution is 2.05. The minimum atomic E-state index is -0.0611. The fourth-order valence-electron chi connectivity index (χ4n) is 1.33. The summed E-state index contributed by atoms with van der Waals surface area (Å²) >= 11 is 7.56. The van der Waals surface area contributed by atoms with E-state index < -0.39 is 0 Å². The molecule has 0 atom stereocenters. The first-order chi connectivity index (χ1) is 7.15. The number of nitrogens with zero attached hydrogens (tertiary/aromatic N) is 2. The number of hydrogen-bond donors (Lipinski definition) is 0. The molecule has 1 heterocycles. The molecule has 1 aromatic heterocycles. The van der Waals surface area contributed by atoms with Crippen LogP contribution >= 0.6 is 23.4 Å². The predicted octanol–water partition coefficient (Wildman–Crippen LogP) is 2.35. The Morgan fingerprint density at radius 3 is 2.93 bits per heavy atom. The molecule has 0 saturated heterocycles. The van der Waals surface area contributed by atoms with E-state index in [1.54, 1.807) is 11.5 Å². The van der Waals surface area contributed by atoms with Crippen LogP contribution in [0.2, 0.25) is 5.15 Å². The van der Waals surface area contributed by atoms with Gasteiger partial charge in [-0.2, -0.15) is 11.8 Å². The highest BCUT2D eigenvalue weighted by Gasteiger charge is 2.02. The van der Waals surface area contributed by atoms with Gasteiger partial charge in [0.2, 0.25) is 0 Å². The zero-order chi connectivity index (χ0) is 11.3. The molecule has 0 aliphatic carbocycles. The Balaban J connectivity index is 2.65. The summed E-state index contributed by atoms with van der Waals surface area (Å²) in [5, 5.41) is 0.275. The van der Waals surface area contributed by atoms with Crippen LogP contribution in [-0.2, 0) is 6.54 Å². The van der Waals surface area contributed by atoms with Crippen LogP contribution in [0.15, 0.2) is 10.9 Å². The first-order valence-corrected chi connectivity index (χ1v) is 6.50. The van der Waals surface area contributed by atoms with Gasteiger partial charge in [0.05, 0.1) is 0 Å². The topological polar surface area (TPSA) is 34.9 Å². The summed E-state index contributed by atoms with van der Waals surface area (Å²) < 4.78 is 1.67. The Morgan fingerprint density at radius 1 is 1.60 bits per heavy atom. The average Bonchev–Trinajstić information content (AvgIpc) is 2.15. The molecular formula is C10H15ClN2OS. The molecular weight excluding hydrogens is 232 g/mol. The van der Waals surface area contributed by atoms with Gasteiger partial charge in [0, 0.05) is 12.6 Å². The van der Waals surface area contributed by atoms with Crippen molar-refractivity contribution in [1.29, 1.82) is 0 Å². The molecule has 3 nitrogen and oxygen atoms in total. The minimum absolute atomic E-state index is 0.0611. The van der Waals surface area contributed by atoms with Crippen molar-refractivity contribution in [1.82, 2.24) is 9.55 Å². The summed E-state index contributed by atoms with van der Waals surface area (Å²) in [6.07, 6.45) is 0.989. The van der Waals surface area contributed by atoms with Gasteiger partial charge in [-0.15, -0.1) is 0 Å². The Bertz CT molecular complexity index is 378. The minimum Gasteiger partial charge on any atom is -0.297 e. The number of aryl methyl sites for hydroxylation is 1. The average molecular weight is 247 g/mol. The van der Waals surface area contributed by atoms with E-state index >= 15 is 0 Å². The summed E-state index contributed by atoms with van der Waals surface area (Å²) in [5.74, 6) is 2.88. The maximum absolute atomic E-state index is 11.6. The molecule has 84 valence electrons. The lowest BCUT2D eigenvalue weighted by atomic mass is 10.4. The third-order valence-corrected chi connectivity index (χ3v) is 3.22. The van der Waals surface area contributed by atoms with Gasteiger partial charge in [-0.3, -0.25) is 9.36 Å². The first kappa shape index (κ1) is 12.6. The standard InChI is InChI=1S/C10H15ClN2OS/c1-3-15-6-4-5-13-8(2)12-9(11)7-10(13)14/h7H,3-6H2,1-2H3. The van der Waals surface area contributed by atoms with Crippen LogP contribution in [0.5, 0.6) is 0 Å². The highest BCUT2D eigenvalue weighted by atomic mass is 35.5. The first-order valence-electron chi connectivity index (χ1n) is 4.97. The van der Waals surface area contributed by atoms with E-state index in [0.29, 0.717) is 5.82 Å². The Labute approximate surface area is 98.9 Å². The molecule has 0 aliphatic heterocycles. The number of halogens is 1. The monoisotopic (exact) mass is 246 g/mol. The summed E-state index contributed by atoms with van der Waals surface area (Å²) in [6.45, 7) is 4.66. The van der Waals surface area contributed by atoms with Gasteiger partial charge in [-0.05, 0) is 24.9 Å². The Hall–Kier alpha value is -0.480. The van der Waals surface area contributed by atoms with Gasteiger partial charge in [0.25, 0.3) is 5.56 Å². The van der Waals surface area contributed by atoms with E-state index in [1.165, 1.54) is 6.07 Å². The predicted molar refractivity (Wildman–Crippen MR) is 65.9 cm³/mol. The fourth-order valence-corrected chi connectivity index (χ4v) is 2.17. The normalized spacial score (nSPS) is 10.6. The van der Waals surface area contributed by atoms with Crippen LogP contribution in [0.1, 0.15) is 19.2 Å². The van der Waals surface area contributed by atoms with Crippen LogP contribution < -0.4 is 5.56 Å². The fraction of sp³-hybridized carbons (Fsp3) is 0.600. The maximum atomic E-state index is 11.6. The van der Waals surface area contributed by atoms with Gasteiger partial charge in [0.1, 0.15) is 11.0 Å².